The molecule has 0 unspecified atom stereocenters. The predicted molar refractivity (Wildman–Crippen MR) is 102 cm³/mol. The zero-order valence-electron chi connectivity index (χ0n) is 16.3. The van der Waals surface area contributed by atoms with E-state index in [-0.39, 0.29) is 5.91 Å². The SMILES string of the molecule is COc1cccc(CNC(=O)CCc2c(C)nn(CCC#N)c2C)c1OC. The van der Waals surface area contributed by atoms with E-state index in [2.05, 4.69) is 16.5 Å². The molecule has 0 saturated carbocycles. The number of amides is 1. The zero-order valence-corrected chi connectivity index (χ0v) is 16.3. The average Bonchev–Trinajstić information content (AvgIpc) is 2.95. The van der Waals surface area contributed by atoms with Crippen LogP contribution < -0.4 is 14.8 Å². The van der Waals surface area contributed by atoms with Gasteiger partial charge in [0.1, 0.15) is 0 Å². The maximum atomic E-state index is 12.3. The fourth-order valence-electron chi connectivity index (χ4n) is 3.08. The highest BCUT2D eigenvalue weighted by Gasteiger charge is 2.14. The maximum absolute atomic E-state index is 12.3. The number of rotatable bonds is 9. The van der Waals surface area contributed by atoms with Crippen LogP contribution in [0, 0.1) is 25.2 Å². The van der Waals surface area contributed by atoms with Crippen LogP contribution in [0.1, 0.15) is 35.4 Å². The largest absolute Gasteiger partial charge is 0.493 e. The van der Waals surface area contributed by atoms with Crippen molar-refractivity contribution in [3.63, 3.8) is 0 Å². The molecule has 0 spiro atoms. The molecule has 1 heterocycles. The van der Waals surface area contributed by atoms with E-state index in [1.54, 1.807) is 14.2 Å². The van der Waals surface area contributed by atoms with E-state index in [1.807, 2.05) is 36.7 Å². The number of carbonyl (C=O) groups is 1. The van der Waals surface area contributed by atoms with Gasteiger partial charge in [0.15, 0.2) is 11.5 Å². The molecule has 1 aromatic heterocycles. The van der Waals surface area contributed by atoms with E-state index in [0.717, 1.165) is 22.5 Å². The molecule has 7 heteroatoms. The number of hydrogen-bond acceptors (Lipinski definition) is 5. The summed E-state index contributed by atoms with van der Waals surface area (Å²) in [6.45, 7) is 4.86. The highest BCUT2D eigenvalue weighted by molar-refractivity contribution is 5.76. The Labute approximate surface area is 159 Å². The molecule has 7 nitrogen and oxygen atoms in total. The molecule has 27 heavy (non-hydrogen) atoms. The van der Waals surface area contributed by atoms with Gasteiger partial charge in [-0.2, -0.15) is 10.4 Å². The number of nitrogens with one attached hydrogen (secondary N) is 1. The molecule has 144 valence electrons. The first kappa shape index (κ1) is 20.3. The maximum Gasteiger partial charge on any atom is 0.220 e. The van der Waals surface area contributed by atoms with E-state index in [9.17, 15) is 4.79 Å². The van der Waals surface area contributed by atoms with Gasteiger partial charge in [-0.3, -0.25) is 9.48 Å². The van der Waals surface area contributed by atoms with Crippen LogP contribution in [0.4, 0.5) is 0 Å². The van der Waals surface area contributed by atoms with E-state index in [1.165, 1.54) is 0 Å². The van der Waals surface area contributed by atoms with Crippen LogP contribution >= 0.6 is 0 Å². The van der Waals surface area contributed by atoms with Crippen molar-refractivity contribution in [3.8, 4) is 17.6 Å². The summed E-state index contributed by atoms with van der Waals surface area (Å²) in [6, 6.07) is 7.71. The number of aromatic nitrogens is 2. The monoisotopic (exact) mass is 370 g/mol. The van der Waals surface area contributed by atoms with Gasteiger partial charge in [-0.1, -0.05) is 12.1 Å². The van der Waals surface area contributed by atoms with Crippen LogP contribution in [0.3, 0.4) is 0 Å². The van der Waals surface area contributed by atoms with E-state index in [0.29, 0.717) is 43.9 Å². The van der Waals surface area contributed by atoms with E-state index < -0.39 is 0 Å². The van der Waals surface area contributed by atoms with Crippen LogP contribution in [0.2, 0.25) is 0 Å². The number of carbonyl (C=O) groups excluding carboxylic acids is 1. The highest BCUT2D eigenvalue weighted by atomic mass is 16.5. The summed E-state index contributed by atoms with van der Waals surface area (Å²) in [5.41, 5.74) is 3.86. The van der Waals surface area contributed by atoms with Crippen molar-refractivity contribution in [2.75, 3.05) is 14.2 Å². The molecule has 0 aliphatic heterocycles. The van der Waals surface area contributed by atoms with Gasteiger partial charge in [0.2, 0.25) is 5.91 Å². The minimum Gasteiger partial charge on any atom is -0.493 e. The third kappa shape index (κ3) is 5.00. The Balaban J connectivity index is 1.94. The van der Waals surface area contributed by atoms with Crippen molar-refractivity contribution < 1.29 is 14.3 Å². The molecule has 1 N–H and O–H groups in total. The smallest absolute Gasteiger partial charge is 0.220 e. The predicted octanol–water partition coefficient (Wildman–Crippen LogP) is 2.68. The first-order valence-electron chi connectivity index (χ1n) is 8.88. The second-order valence-corrected chi connectivity index (χ2v) is 6.21. The van der Waals surface area contributed by atoms with Crippen molar-refractivity contribution in [3.05, 3.63) is 40.7 Å². The van der Waals surface area contributed by atoms with Gasteiger partial charge in [-0.25, -0.2) is 0 Å². The summed E-state index contributed by atoms with van der Waals surface area (Å²) < 4.78 is 12.5. The summed E-state index contributed by atoms with van der Waals surface area (Å²) in [7, 11) is 3.17. The number of hydrogen-bond donors (Lipinski definition) is 1. The summed E-state index contributed by atoms with van der Waals surface area (Å²) >= 11 is 0. The van der Waals surface area contributed by atoms with Gasteiger partial charge < -0.3 is 14.8 Å². The van der Waals surface area contributed by atoms with Crippen LogP contribution in [0.5, 0.6) is 11.5 Å². The minimum atomic E-state index is -0.0385. The van der Waals surface area contributed by atoms with Gasteiger partial charge in [0.05, 0.1) is 38.9 Å². The molecule has 0 aliphatic rings. The van der Waals surface area contributed by atoms with Crippen LogP contribution in [0.25, 0.3) is 0 Å². The molecule has 0 radical (unpaired) electrons. The molecular weight excluding hydrogens is 344 g/mol. The molecule has 0 bridgehead atoms. The quantitative estimate of drug-likeness (QED) is 0.733. The van der Waals surface area contributed by atoms with Crippen LogP contribution in [-0.2, 0) is 24.3 Å². The first-order valence-corrected chi connectivity index (χ1v) is 8.88. The average molecular weight is 370 g/mol. The molecule has 2 aromatic rings. The van der Waals surface area contributed by atoms with Crippen LogP contribution in [-0.4, -0.2) is 29.9 Å². The Bertz CT molecular complexity index is 836. The minimum absolute atomic E-state index is 0.0385. The van der Waals surface area contributed by atoms with Gasteiger partial charge >= 0.3 is 0 Å². The molecule has 2 rings (SSSR count). The van der Waals surface area contributed by atoms with E-state index >= 15 is 0 Å². The molecular formula is C20H26N4O3. The summed E-state index contributed by atoms with van der Waals surface area (Å²) in [5, 5.41) is 16.1. The fourth-order valence-corrected chi connectivity index (χ4v) is 3.08. The Hall–Kier alpha value is -3.01. The zero-order chi connectivity index (χ0) is 19.8. The Morgan fingerprint density at radius 2 is 2.07 bits per heavy atom. The third-order valence-corrected chi connectivity index (χ3v) is 4.53. The van der Waals surface area contributed by atoms with E-state index in [4.69, 9.17) is 14.7 Å². The number of ether oxygens (including phenoxy) is 2. The Kier molecular flexibility index (Phi) is 7.24. The number of para-hydroxylation sites is 1. The van der Waals surface area contributed by atoms with Crippen LogP contribution in [0.15, 0.2) is 18.2 Å². The number of nitriles is 1. The van der Waals surface area contributed by atoms with Crippen molar-refractivity contribution in [1.82, 2.24) is 15.1 Å². The van der Waals surface area contributed by atoms with Gasteiger partial charge in [-0.15, -0.1) is 0 Å². The fraction of sp³-hybridized carbons (Fsp3) is 0.450. The van der Waals surface area contributed by atoms with Crippen molar-refractivity contribution >= 4 is 5.91 Å². The molecule has 0 saturated heterocycles. The van der Waals surface area contributed by atoms with Crippen molar-refractivity contribution in [2.45, 2.75) is 46.2 Å². The molecule has 1 aromatic carbocycles. The molecule has 0 fully saturated rings. The first-order chi connectivity index (χ1) is 13.0. The number of benzene rings is 1. The molecule has 0 atom stereocenters. The van der Waals surface area contributed by atoms with Gasteiger partial charge in [-0.05, 0) is 31.9 Å². The molecule has 0 aliphatic carbocycles. The second kappa shape index (κ2) is 9.62. The lowest BCUT2D eigenvalue weighted by atomic mass is 10.1. The van der Waals surface area contributed by atoms with Crippen molar-refractivity contribution in [1.29, 1.82) is 5.26 Å². The summed E-state index contributed by atoms with van der Waals surface area (Å²) in [5.74, 6) is 1.23. The number of methoxy groups -OCH3 is 2. The van der Waals surface area contributed by atoms with Gasteiger partial charge in [0.25, 0.3) is 0 Å². The topological polar surface area (TPSA) is 89.2 Å². The van der Waals surface area contributed by atoms with Crippen molar-refractivity contribution in [2.24, 2.45) is 0 Å². The second-order valence-electron chi connectivity index (χ2n) is 6.21. The summed E-state index contributed by atoms with van der Waals surface area (Å²) in [6.07, 6.45) is 1.41. The van der Waals surface area contributed by atoms with Gasteiger partial charge in [0, 0.05) is 24.2 Å². The molecule has 1 amide bonds. The number of nitrogens with zero attached hydrogens (tertiary/aromatic N) is 3. The number of aryl methyl sites for hydroxylation is 2. The standard InChI is InChI=1S/C20H26N4O3/c1-14-17(15(2)24(23-14)12-6-11-21)9-10-19(25)22-13-16-7-5-8-18(26-3)20(16)27-4/h5,7-8H,6,9-10,12-13H2,1-4H3,(H,22,25). The summed E-state index contributed by atoms with van der Waals surface area (Å²) in [4.78, 5) is 12.3. The lowest BCUT2D eigenvalue weighted by molar-refractivity contribution is -0.121. The third-order valence-electron chi connectivity index (χ3n) is 4.53. The lowest BCUT2D eigenvalue weighted by Crippen LogP contribution is -2.23. The normalized spacial score (nSPS) is 10.3. The Morgan fingerprint density at radius 3 is 2.74 bits per heavy atom. The lowest BCUT2D eigenvalue weighted by Gasteiger charge is -2.13. The highest BCUT2D eigenvalue weighted by Crippen LogP contribution is 2.30. The Morgan fingerprint density at radius 1 is 1.30 bits per heavy atom.